The van der Waals surface area contributed by atoms with Gasteiger partial charge in [0.05, 0.1) is 0 Å². The zero-order valence-corrected chi connectivity index (χ0v) is 12.1. The van der Waals surface area contributed by atoms with Gasteiger partial charge in [0.15, 0.2) is 0 Å². The number of carbonyl (C=O) groups is 1. The number of aromatic carboxylic acids is 1. The molecular weight excluding hydrogens is 445 g/mol. The van der Waals surface area contributed by atoms with Crippen LogP contribution < -0.4 is 4.35 Å². The summed E-state index contributed by atoms with van der Waals surface area (Å²) in [5.41, 5.74) is 0.363. The molecule has 0 aliphatic heterocycles. The molecule has 0 spiro atoms. The number of rotatable bonds is 2. The Balaban J connectivity index is 2.93. The van der Waals surface area contributed by atoms with Gasteiger partial charge >= 0.3 is 98.3 Å². The number of carboxylic acids is 1. The van der Waals surface area contributed by atoms with Gasteiger partial charge in [-0.05, 0) is 0 Å². The maximum absolute atomic E-state index is 10.5. The standard InChI is InChI=1S/C7H5AsI2O2/c9-8(10)6-3-1-5(2-4-6)7(11)12/h1-4H,(H,11,12). The Bertz CT molecular complexity index is 284. The molecule has 0 bridgehead atoms. The molecule has 0 saturated heterocycles. The van der Waals surface area contributed by atoms with Crippen LogP contribution in [0.1, 0.15) is 10.4 Å². The van der Waals surface area contributed by atoms with Gasteiger partial charge in [0.2, 0.25) is 0 Å². The first-order valence-electron chi connectivity index (χ1n) is 3.06. The fraction of sp³-hybridized carbons (Fsp3) is 0. The summed E-state index contributed by atoms with van der Waals surface area (Å²) >= 11 is 4.84. The fourth-order valence-electron chi connectivity index (χ4n) is 0.717. The molecule has 1 rings (SSSR count). The van der Waals surface area contributed by atoms with Crippen molar-refractivity contribution >= 4 is 58.5 Å². The van der Waals surface area contributed by atoms with E-state index in [9.17, 15) is 4.79 Å². The van der Waals surface area contributed by atoms with Crippen LogP contribution in [0.2, 0.25) is 0 Å². The number of benzene rings is 1. The second-order valence-electron chi connectivity index (χ2n) is 2.08. The molecule has 0 heterocycles. The molecule has 0 unspecified atom stereocenters. The van der Waals surface area contributed by atoms with Crippen molar-refractivity contribution in [2.75, 3.05) is 0 Å². The van der Waals surface area contributed by atoms with Crippen molar-refractivity contribution in [3.05, 3.63) is 29.8 Å². The van der Waals surface area contributed by atoms with Gasteiger partial charge in [0.25, 0.3) is 0 Å². The summed E-state index contributed by atoms with van der Waals surface area (Å²) in [4.78, 5) is 10.5. The molecule has 0 aromatic heterocycles. The van der Waals surface area contributed by atoms with E-state index in [-0.39, 0.29) is 0 Å². The van der Waals surface area contributed by atoms with E-state index in [4.69, 9.17) is 5.11 Å². The number of halogens is 2. The first-order chi connectivity index (χ1) is 5.61. The summed E-state index contributed by atoms with van der Waals surface area (Å²) in [5, 5.41) is 8.62. The summed E-state index contributed by atoms with van der Waals surface area (Å²) in [6, 6.07) is 7.14. The molecule has 64 valence electrons. The Labute approximate surface area is 97.1 Å². The molecule has 0 saturated carbocycles. The fourth-order valence-corrected chi connectivity index (χ4v) is 4.84. The summed E-state index contributed by atoms with van der Waals surface area (Å²) in [5.74, 6) is -0.859. The van der Waals surface area contributed by atoms with Gasteiger partial charge in [-0.3, -0.25) is 0 Å². The first kappa shape index (κ1) is 10.8. The van der Waals surface area contributed by atoms with Crippen molar-refractivity contribution in [3.63, 3.8) is 0 Å². The molecule has 0 radical (unpaired) electrons. The molecular formula is C7H5AsI2O2. The van der Waals surface area contributed by atoms with Gasteiger partial charge in [0.1, 0.15) is 0 Å². The monoisotopic (exact) mass is 450 g/mol. The molecule has 1 N–H and O–H groups in total. The molecule has 0 aliphatic rings. The summed E-state index contributed by atoms with van der Waals surface area (Å²) in [7, 11) is -0.895. The van der Waals surface area contributed by atoms with E-state index < -0.39 is 13.9 Å². The molecule has 1 aromatic rings. The number of carboxylic acid groups (broad SMARTS) is 1. The van der Waals surface area contributed by atoms with Crippen molar-refractivity contribution in [1.29, 1.82) is 0 Å². The van der Waals surface area contributed by atoms with Crippen LogP contribution in [0.15, 0.2) is 24.3 Å². The van der Waals surface area contributed by atoms with E-state index in [1.54, 1.807) is 12.1 Å². The van der Waals surface area contributed by atoms with Crippen LogP contribution >= 0.6 is 40.3 Å². The first-order valence-corrected chi connectivity index (χ1v) is 15.4. The van der Waals surface area contributed by atoms with Crippen molar-refractivity contribution in [1.82, 2.24) is 0 Å². The van der Waals surface area contributed by atoms with Crippen molar-refractivity contribution in [2.24, 2.45) is 0 Å². The van der Waals surface area contributed by atoms with E-state index in [0.717, 1.165) is 0 Å². The molecule has 2 nitrogen and oxygen atoms in total. The zero-order valence-electron chi connectivity index (χ0n) is 5.87. The van der Waals surface area contributed by atoms with Crippen LogP contribution in [0.4, 0.5) is 0 Å². The summed E-state index contributed by atoms with van der Waals surface area (Å²) in [6.07, 6.45) is 0. The Morgan fingerprint density at radius 3 is 2.08 bits per heavy atom. The Hall–Kier alpha value is 0.708. The average molecular weight is 450 g/mol. The maximum atomic E-state index is 10.5. The normalized spacial score (nSPS) is 10.2. The second kappa shape index (κ2) is 4.81. The quantitative estimate of drug-likeness (QED) is 0.553. The molecule has 5 heteroatoms. The van der Waals surface area contributed by atoms with Gasteiger partial charge < -0.3 is 0 Å². The molecule has 1 aromatic carbocycles. The number of hydrogen-bond donors (Lipinski definition) is 1. The molecule has 0 amide bonds. The van der Waals surface area contributed by atoms with E-state index in [1.165, 1.54) is 4.35 Å². The Morgan fingerprint density at radius 1 is 1.25 bits per heavy atom. The predicted molar refractivity (Wildman–Crippen MR) is 66.8 cm³/mol. The Kier molecular flexibility index (Phi) is 4.32. The van der Waals surface area contributed by atoms with E-state index in [0.29, 0.717) is 5.56 Å². The van der Waals surface area contributed by atoms with Crippen LogP contribution in [0.25, 0.3) is 0 Å². The van der Waals surface area contributed by atoms with Crippen molar-refractivity contribution < 1.29 is 9.90 Å². The molecule has 12 heavy (non-hydrogen) atoms. The van der Waals surface area contributed by atoms with Crippen LogP contribution in [-0.4, -0.2) is 19.0 Å². The zero-order chi connectivity index (χ0) is 9.14. The van der Waals surface area contributed by atoms with Crippen LogP contribution in [0.5, 0.6) is 0 Å². The van der Waals surface area contributed by atoms with Crippen LogP contribution in [0, 0.1) is 0 Å². The summed E-state index contributed by atoms with van der Waals surface area (Å²) < 4.78 is 1.29. The van der Waals surface area contributed by atoms with Gasteiger partial charge in [0, 0.05) is 0 Å². The van der Waals surface area contributed by atoms with E-state index in [1.807, 2.05) is 12.1 Å². The number of hydrogen-bond acceptors (Lipinski definition) is 1. The van der Waals surface area contributed by atoms with Crippen molar-refractivity contribution in [2.45, 2.75) is 0 Å². The van der Waals surface area contributed by atoms with Crippen LogP contribution in [-0.2, 0) is 0 Å². The minimum absolute atomic E-state index is 0.363. The third-order valence-electron chi connectivity index (χ3n) is 1.31. The van der Waals surface area contributed by atoms with Crippen molar-refractivity contribution in [3.8, 4) is 0 Å². The van der Waals surface area contributed by atoms with E-state index >= 15 is 0 Å². The average Bonchev–Trinajstić information content (AvgIpc) is 2.04. The molecule has 0 atom stereocenters. The van der Waals surface area contributed by atoms with Crippen LogP contribution in [0.3, 0.4) is 0 Å². The minimum atomic E-state index is -0.895. The summed E-state index contributed by atoms with van der Waals surface area (Å²) in [6.45, 7) is 0. The molecule has 0 aliphatic carbocycles. The predicted octanol–water partition coefficient (Wildman–Crippen LogP) is 1.95. The van der Waals surface area contributed by atoms with Gasteiger partial charge in [-0.25, -0.2) is 0 Å². The second-order valence-corrected chi connectivity index (χ2v) is 23.8. The van der Waals surface area contributed by atoms with Gasteiger partial charge in [-0.2, -0.15) is 0 Å². The molecule has 0 fully saturated rings. The third-order valence-corrected chi connectivity index (χ3v) is 8.54. The topological polar surface area (TPSA) is 37.3 Å². The van der Waals surface area contributed by atoms with E-state index in [2.05, 4.69) is 40.3 Å². The van der Waals surface area contributed by atoms with Gasteiger partial charge in [-0.15, -0.1) is 0 Å². The third kappa shape index (κ3) is 2.88. The SMILES string of the molecule is O=C(O)c1ccc([As](I)I)cc1. The Morgan fingerprint density at radius 2 is 1.75 bits per heavy atom. The van der Waals surface area contributed by atoms with Gasteiger partial charge in [-0.1, -0.05) is 0 Å².